The summed E-state index contributed by atoms with van der Waals surface area (Å²) in [6.45, 7) is 0. The van der Waals surface area contributed by atoms with Crippen molar-refractivity contribution in [3.05, 3.63) is 30.1 Å². The number of rotatable bonds is 2. The van der Waals surface area contributed by atoms with E-state index in [2.05, 4.69) is 4.98 Å². The molecule has 1 fully saturated rings. The molecular weight excluding hydrogens is 188 g/mol. The Bertz CT molecular complexity index is 294. The van der Waals surface area contributed by atoms with Gasteiger partial charge >= 0.3 is 0 Å². The molecule has 3 N–H and O–H groups in total. The third kappa shape index (κ3) is 2.55. The summed E-state index contributed by atoms with van der Waals surface area (Å²) in [7, 11) is 0. The Hall–Kier alpha value is -0.930. The first-order chi connectivity index (χ1) is 7.27. The maximum absolute atomic E-state index is 9.43. The molecule has 1 atom stereocenters. The first-order valence-corrected chi connectivity index (χ1v) is 5.61. The smallest absolute Gasteiger partial charge is 0.0540 e. The molecule has 3 heteroatoms. The van der Waals surface area contributed by atoms with Crippen LogP contribution in [-0.2, 0) is 0 Å². The number of aliphatic hydroxyl groups is 1. The second-order valence-electron chi connectivity index (χ2n) is 4.37. The average Bonchev–Trinajstić information content (AvgIpc) is 2.30. The third-order valence-electron chi connectivity index (χ3n) is 3.34. The van der Waals surface area contributed by atoms with Crippen molar-refractivity contribution >= 4 is 0 Å². The van der Waals surface area contributed by atoms with Gasteiger partial charge in [0.1, 0.15) is 0 Å². The second kappa shape index (κ2) is 4.73. The average molecular weight is 206 g/mol. The minimum absolute atomic E-state index is 0.0977. The van der Waals surface area contributed by atoms with Gasteiger partial charge in [-0.25, -0.2) is 0 Å². The highest BCUT2D eigenvalue weighted by Gasteiger charge is 2.25. The van der Waals surface area contributed by atoms with Crippen molar-refractivity contribution in [3.8, 4) is 0 Å². The van der Waals surface area contributed by atoms with Crippen molar-refractivity contribution in [2.24, 2.45) is 11.7 Å². The van der Waals surface area contributed by atoms with E-state index in [1.54, 1.807) is 12.4 Å². The fraction of sp³-hybridized carbons (Fsp3) is 0.583. The van der Waals surface area contributed by atoms with Crippen molar-refractivity contribution in [3.63, 3.8) is 0 Å². The van der Waals surface area contributed by atoms with Gasteiger partial charge in [-0.15, -0.1) is 0 Å². The molecule has 1 aliphatic carbocycles. The van der Waals surface area contributed by atoms with E-state index in [1.165, 1.54) is 0 Å². The number of aliphatic hydroxyl groups excluding tert-OH is 1. The van der Waals surface area contributed by atoms with Gasteiger partial charge in [-0.3, -0.25) is 4.98 Å². The lowest BCUT2D eigenvalue weighted by molar-refractivity contribution is 0.102. The summed E-state index contributed by atoms with van der Waals surface area (Å²) in [5.74, 6) is 0.510. The number of pyridine rings is 1. The molecule has 15 heavy (non-hydrogen) atoms. The SMILES string of the molecule is NC(c1ccncc1)C1CCC(O)CC1. The van der Waals surface area contributed by atoms with E-state index < -0.39 is 0 Å². The van der Waals surface area contributed by atoms with Crippen molar-refractivity contribution < 1.29 is 5.11 Å². The first-order valence-electron chi connectivity index (χ1n) is 5.61. The molecule has 1 saturated carbocycles. The van der Waals surface area contributed by atoms with Crippen LogP contribution in [-0.4, -0.2) is 16.2 Å². The molecule has 0 aromatic carbocycles. The van der Waals surface area contributed by atoms with Crippen LogP contribution in [0.5, 0.6) is 0 Å². The summed E-state index contributed by atoms with van der Waals surface area (Å²) >= 11 is 0. The summed E-state index contributed by atoms with van der Waals surface area (Å²) in [6.07, 6.45) is 7.31. The normalized spacial score (nSPS) is 28.7. The van der Waals surface area contributed by atoms with Crippen LogP contribution in [0.25, 0.3) is 0 Å². The highest BCUT2D eigenvalue weighted by molar-refractivity contribution is 5.15. The van der Waals surface area contributed by atoms with Gasteiger partial charge in [-0.1, -0.05) is 0 Å². The fourth-order valence-corrected chi connectivity index (χ4v) is 2.32. The van der Waals surface area contributed by atoms with Crippen LogP contribution < -0.4 is 5.73 Å². The predicted octanol–water partition coefficient (Wildman–Crippen LogP) is 1.63. The third-order valence-corrected chi connectivity index (χ3v) is 3.34. The predicted molar refractivity (Wildman–Crippen MR) is 59.1 cm³/mol. The van der Waals surface area contributed by atoms with Gasteiger partial charge in [0.05, 0.1) is 6.10 Å². The van der Waals surface area contributed by atoms with Gasteiger partial charge in [-0.05, 0) is 49.3 Å². The van der Waals surface area contributed by atoms with Gasteiger partial charge < -0.3 is 10.8 Å². The minimum atomic E-state index is -0.106. The molecule has 1 aromatic heterocycles. The van der Waals surface area contributed by atoms with Crippen LogP contribution in [0.2, 0.25) is 0 Å². The van der Waals surface area contributed by atoms with E-state index >= 15 is 0 Å². The lowest BCUT2D eigenvalue weighted by Crippen LogP contribution is -2.27. The maximum atomic E-state index is 9.43. The summed E-state index contributed by atoms with van der Waals surface area (Å²) < 4.78 is 0. The highest BCUT2D eigenvalue weighted by atomic mass is 16.3. The summed E-state index contributed by atoms with van der Waals surface area (Å²) in [4.78, 5) is 3.99. The van der Waals surface area contributed by atoms with Crippen molar-refractivity contribution in [1.82, 2.24) is 4.98 Å². The molecule has 1 aromatic rings. The fourth-order valence-electron chi connectivity index (χ4n) is 2.32. The molecule has 1 aliphatic rings. The Morgan fingerprint density at radius 3 is 2.40 bits per heavy atom. The lowest BCUT2D eigenvalue weighted by Gasteiger charge is -2.30. The van der Waals surface area contributed by atoms with E-state index in [0.717, 1.165) is 31.2 Å². The van der Waals surface area contributed by atoms with Gasteiger partial charge in [-0.2, -0.15) is 0 Å². The van der Waals surface area contributed by atoms with E-state index in [9.17, 15) is 5.11 Å². The molecule has 0 bridgehead atoms. The van der Waals surface area contributed by atoms with E-state index in [4.69, 9.17) is 5.73 Å². The number of nitrogens with zero attached hydrogens (tertiary/aromatic N) is 1. The van der Waals surface area contributed by atoms with Gasteiger partial charge in [0.25, 0.3) is 0 Å². The summed E-state index contributed by atoms with van der Waals surface area (Å²) in [5, 5.41) is 9.43. The Labute approximate surface area is 90.3 Å². The van der Waals surface area contributed by atoms with Crippen molar-refractivity contribution in [1.29, 1.82) is 0 Å². The van der Waals surface area contributed by atoms with Crippen LogP contribution >= 0.6 is 0 Å². The Kier molecular flexibility index (Phi) is 3.34. The zero-order valence-corrected chi connectivity index (χ0v) is 8.84. The number of hydrogen-bond acceptors (Lipinski definition) is 3. The van der Waals surface area contributed by atoms with Crippen molar-refractivity contribution in [2.45, 2.75) is 37.8 Å². The highest BCUT2D eigenvalue weighted by Crippen LogP contribution is 2.32. The van der Waals surface area contributed by atoms with Crippen LogP contribution in [0.3, 0.4) is 0 Å². The number of hydrogen-bond donors (Lipinski definition) is 2. The van der Waals surface area contributed by atoms with Gasteiger partial charge in [0.15, 0.2) is 0 Å². The first kappa shape index (κ1) is 10.6. The molecule has 0 amide bonds. The second-order valence-corrected chi connectivity index (χ2v) is 4.37. The molecule has 1 heterocycles. The van der Waals surface area contributed by atoms with E-state index in [0.29, 0.717) is 5.92 Å². The van der Waals surface area contributed by atoms with Gasteiger partial charge in [0, 0.05) is 18.4 Å². The topological polar surface area (TPSA) is 59.1 Å². The molecule has 82 valence electrons. The number of nitrogens with two attached hydrogens (primary N) is 1. The molecule has 0 spiro atoms. The molecule has 0 aliphatic heterocycles. The number of aromatic nitrogens is 1. The molecule has 0 saturated heterocycles. The summed E-state index contributed by atoms with van der Waals surface area (Å²) in [6, 6.07) is 4.06. The zero-order valence-electron chi connectivity index (χ0n) is 8.84. The molecule has 2 rings (SSSR count). The lowest BCUT2D eigenvalue weighted by atomic mass is 9.81. The minimum Gasteiger partial charge on any atom is -0.393 e. The van der Waals surface area contributed by atoms with Crippen molar-refractivity contribution in [2.75, 3.05) is 0 Å². The molecular formula is C12H18N2O. The summed E-state index contributed by atoms with van der Waals surface area (Å²) in [5.41, 5.74) is 7.36. The zero-order chi connectivity index (χ0) is 10.7. The monoisotopic (exact) mass is 206 g/mol. The maximum Gasteiger partial charge on any atom is 0.0540 e. The Morgan fingerprint density at radius 2 is 1.80 bits per heavy atom. The molecule has 3 nitrogen and oxygen atoms in total. The standard InChI is InChI=1S/C12H18N2O/c13-12(10-5-7-14-8-6-10)9-1-3-11(15)4-2-9/h5-9,11-12,15H,1-4,13H2. The van der Waals surface area contributed by atoms with Crippen LogP contribution in [0.4, 0.5) is 0 Å². The Balaban J connectivity index is 1.99. The van der Waals surface area contributed by atoms with E-state index in [1.807, 2.05) is 12.1 Å². The Morgan fingerprint density at radius 1 is 1.20 bits per heavy atom. The largest absolute Gasteiger partial charge is 0.393 e. The van der Waals surface area contributed by atoms with Crippen LogP contribution in [0.15, 0.2) is 24.5 Å². The molecule has 1 unspecified atom stereocenters. The van der Waals surface area contributed by atoms with Crippen LogP contribution in [0.1, 0.15) is 37.3 Å². The quantitative estimate of drug-likeness (QED) is 0.773. The molecule has 0 radical (unpaired) electrons. The van der Waals surface area contributed by atoms with E-state index in [-0.39, 0.29) is 12.1 Å². The van der Waals surface area contributed by atoms with Gasteiger partial charge in [0.2, 0.25) is 0 Å². The van der Waals surface area contributed by atoms with Crippen LogP contribution in [0, 0.1) is 5.92 Å².